The summed E-state index contributed by atoms with van der Waals surface area (Å²) >= 11 is 1.70. The van der Waals surface area contributed by atoms with E-state index in [0.717, 1.165) is 92.0 Å². The highest BCUT2D eigenvalue weighted by atomic mass is 32.1. The number of likely N-dealkylation sites (tertiary alicyclic amines) is 1. The molecule has 15 nitrogen and oxygen atoms in total. The van der Waals surface area contributed by atoms with Crippen LogP contribution in [0.1, 0.15) is 31.5 Å². The summed E-state index contributed by atoms with van der Waals surface area (Å²) in [6.07, 6.45) is 5.02. The molecule has 0 amide bonds. The second-order valence-electron chi connectivity index (χ2n) is 12.9. The van der Waals surface area contributed by atoms with Gasteiger partial charge in [-0.05, 0) is 62.7 Å². The quantitative estimate of drug-likeness (QED) is 0.0868. The maximum Gasteiger partial charge on any atom is 0.152 e. The highest BCUT2D eigenvalue weighted by molar-refractivity contribution is 7.18. The van der Waals surface area contributed by atoms with E-state index in [9.17, 15) is 0 Å². The number of nitrogens with two attached hydrogens (primary N) is 2. The molecule has 1 aliphatic heterocycles. The van der Waals surface area contributed by atoms with Gasteiger partial charge in [0.05, 0.1) is 121 Å². The average Bonchev–Trinajstić information content (AvgIpc) is 3.79. The third-order valence-electron chi connectivity index (χ3n) is 8.97. The van der Waals surface area contributed by atoms with Crippen LogP contribution in [-0.4, -0.2) is 165 Å². The SMILES string of the molecule is COCCc1nc2c(N)nc3ccsc3c2n1CC1CCN(CCOCCOCCOCCOCCOCCOCCOCCOCCCCN)CC1. The van der Waals surface area contributed by atoms with E-state index >= 15 is 0 Å². The van der Waals surface area contributed by atoms with E-state index in [2.05, 4.69) is 19.8 Å². The number of ether oxygens (including phenoxy) is 9. The van der Waals surface area contributed by atoms with Crippen LogP contribution in [0.25, 0.3) is 21.3 Å². The van der Waals surface area contributed by atoms with E-state index in [4.69, 9.17) is 59.1 Å². The predicted molar refractivity (Wildman–Crippen MR) is 207 cm³/mol. The van der Waals surface area contributed by atoms with Crippen molar-refractivity contribution >= 4 is 38.4 Å². The van der Waals surface area contributed by atoms with E-state index in [-0.39, 0.29) is 0 Å². The molecule has 0 saturated carbocycles. The Bertz CT molecular complexity index is 1360. The molecule has 0 aromatic carbocycles. The number of hydrogen-bond acceptors (Lipinski definition) is 15. The first-order valence-electron chi connectivity index (χ1n) is 19.3. The summed E-state index contributed by atoms with van der Waals surface area (Å²) in [5, 5.41) is 2.08. The number of hydrogen-bond donors (Lipinski definition) is 2. The van der Waals surface area contributed by atoms with Gasteiger partial charge in [-0.3, -0.25) is 0 Å². The lowest BCUT2D eigenvalue weighted by Gasteiger charge is -2.32. The second kappa shape index (κ2) is 27.5. The third-order valence-corrected chi connectivity index (χ3v) is 9.88. The Morgan fingerprint density at radius 2 is 1.23 bits per heavy atom. The first-order valence-corrected chi connectivity index (χ1v) is 20.1. The Labute approximate surface area is 318 Å². The molecule has 16 heteroatoms. The Morgan fingerprint density at radius 3 is 1.75 bits per heavy atom. The summed E-state index contributed by atoms with van der Waals surface area (Å²) in [6, 6.07) is 2.03. The first kappa shape index (κ1) is 43.7. The highest BCUT2D eigenvalue weighted by Gasteiger charge is 2.24. The van der Waals surface area contributed by atoms with Gasteiger partial charge >= 0.3 is 0 Å². The average molecular weight is 769 g/mol. The van der Waals surface area contributed by atoms with Gasteiger partial charge in [0.1, 0.15) is 11.3 Å². The monoisotopic (exact) mass is 768 g/mol. The van der Waals surface area contributed by atoms with Gasteiger partial charge in [-0.2, -0.15) is 0 Å². The summed E-state index contributed by atoms with van der Waals surface area (Å²) < 4.78 is 53.4. The Kier molecular flexibility index (Phi) is 22.7. The van der Waals surface area contributed by atoms with E-state index in [1.807, 2.05) is 6.07 Å². The van der Waals surface area contributed by atoms with Gasteiger partial charge in [-0.1, -0.05) is 0 Å². The molecule has 1 aliphatic rings. The van der Waals surface area contributed by atoms with Crippen LogP contribution in [-0.2, 0) is 55.6 Å². The number of nitrogen functional groups attached to an aromatic ring is 1. The summed E-state index contributed by atoms with van der Waals surface area (Å²) in [5.74, 6) is 2.10. The second-order valence-corrected chi connectivity index (χ2v) is 13.8. The predicted octanol–water partition coefficient (Wildman–Crippen LogP) is 3.00. The van der Waals surface area contributed by atoms with Crippen molar-refractivity contribution in [1.82, 2.24) is 19.4 Å². The van der Waals surface area contributed by atoms with Gasteiger partial charge in [-0.15, -0.1) is 11.3 Å². The molecule has 0 spiro atoms. The summed E-state index contributed by atoms with van der Waals surface area (Å²) in [5.41, 5.74) is 14.7. The Balaban J connectivity index is 0.906. The number of unbranched alkanes of at least 4 members (excludes halogenated alkanes) is 1. The number of nitrogens with zero attached hydrogens (tertiary/aromatic N) is 4. The molecule has 0 radical (unpaired) electrons. The van der Waals surface area contributed by atoms with Gasteiger partial charge in [0.2, 0.25) is 0 Å². The van der Waals surface area contributed by atoms with Gasteiger partial charge in [0.25, 0.3) is 0 Å². The van der Waals surface area contributed by atoms with Crippen molar-refractivity contribution in [2.75, 3.05) is 151 Å². The van der Waals surface area contributed by atoms with Crippen molar-refractivity contribution in [2.24, 2.45) is 11.7 Å². The Hall–Kier alpha value is -2.06. The molecule has 0 bridgehead atoms. The van der Waals surface area contributed by atoms with Crippen LogP contribution in [0.15, 0.2) is 11.4 Å². The fourth-order valence-electron chi connectivity index (χ4n) is 6.07. The zero-order valence-corrected chi connectivity index (χ0v) is 32.7. The molecule has 0 unspecified atom stereocenters. The number of pyridine rings is 1. The standard InChI is InChI=1S/C37H64N6O9S/c1-44-13-6-33-41-34-35(36-32(7-29-53-36)40-37(34)39)43(33)30-31-4-9-42(10-5-31)11-14-46-16-18-48-20-22-50-24-26-52-28-27-51-25-23-49-21-19-47-17-15-45-12-3-2-8-38/h7,29,31H,2-6,8-28,30,38H2,1H3,(H2,39,40). The number of thiophene rings is 1. The lowest BCUT2D eigenvalue weighted by atomic mass is 9.96. The molecule has 4 rings (SSSR count). The lowest BCUT2D eigenvalue weighted by Crippen LogP contribution is -2.37. The largest absolute Gasteiger partial charge is 0.384 e. The lowest BCUT2D eigenvalue weighted by molar-refractivity contribution is -0.0236. The van der Waals surface area contributed by atoms with Crippen molar-refractivity contribution in [3.8, 4) is 0 Å². The van der Waals surface area contributed by atoms with Gasteiger partial charge in [-0.25, -0.2) is 9.97 Å². The molecule has 0 atom stereocenters. The summed E-state index contributed by atoms with van der Waals surface area (Å²) in [6.45, 7) is 14.4. The molecular weight excluding hydrogens is 705 g/mol. The number of rotatable bonds is 33. The van der Waals surface area contributed by atoms with E-state index in [0.29, 0.717) is 124 Å². The molecule has 4 heterocycles. The maximum atomic E-state index is 6.34. The van der Waals surface area contributed by atoms with Gasteiger partial charge in [0.15, 0.2) is 5.82 Å². The molecular formula is C37H64N6O9S. The van der Waals surface area contributed by atoms with Crippen LogP contribution in [0, 0.1) is 5.92 Å². The zero-order chi connectivity index (χ0) is 37.2. The fourth-order valence-corrected chi connectivity index (χ4v) is 6.96. The van der Waals surface area contributed by atoms with E-state index < -0.39 is 0 Å². The van der Waals surface area contributed by atoms with E-state index in [1.54, 1.807) is 18.4 Å². The van der Waals surface area contributed by atoms with Crippen LogP contribution in [0.4, 0.5) is 5.82 Å². The van der Waals surface area contributed by atoms with Crippen LogP contribution >= 0.6 is 11.3 Å². The van der Waals surface area contributed by atoms with Gasteiger partial charge < -0.3 is 63.6 Å². The summed E-state index contributed by atoms with van der Waals surface area (Å²) in [4.78, 5) is 12.0. The topological polar surface area (TPSA) is 169 Å². The van der Waals surface area contributed by atoms with Crippen molar-refractivity contribution in [3.05, 3.63) is 17.3 Å². The first-order chi connectivity index (χ1) is 26.2. The fraction of sp³-hybridized carbons (Fsp3) is 0.784. The number of imidazole rings is 1. The van der Waals surface area contributed by atoms with Crippen LogP contribution in [0.5, 0.6) is 0 Å². The number of aromatic nitrogens is 3. The number of methoxy groups -OCH3 is 1. The zero-order valence-electron chi connectivity index (χ0n) is 31.8. The Morgan fingerprint density at radius 1 is 0.698 bits per heavy atom. The van der Waals surface area contributed by atoms with Crippen molar-refractivity contribution in [2.45, 2.75) is 38.6 Å². The van der Waals surface area contributed by atoms with Crippen molar-refractivity contribution < 1.29 is 42.6 Å². The van der Waals surface area contributed by atoms with Crippen molar-refractivity contribution in [3.63, 3.8) is 0 Å². The molecule has 4 N–H and O–H groups in total. The van der Waals surface area contributed by atoms with Gasteiger partial charge in [0, 0.05) is 33.2 Å². The highest BCUT2D eigenvalue weighted by Crippen LogP contribution is 2.33. The minimum atomic E-state index is 0.500. The van der Waals surface area contributed by atoms with E-state index in [1.165, 1.54) is 0 Å². The number of anilines is 1. The molecule has 53 heavy (non-hydrogen) atoms. The summed E-state index contributed by atoms with van der Waals surface area (Å²) in [7, 11) is 1.73. The minimum Gasteiger partial charge on any atom is -0.384 e. The molecule has 302 valence electrons. The van der Waals surface area contributed by atoms with Crippen molar-refractivity contribution in [1.29, 1.82) is 0 Å². The molecule has 1 fully saturated rings. The van der Waals surface area contributed by atoms with Crippen LogP contribution in [0.3, 0.4) is 0 Å². The molecule has 3 aromatic rings. The normalized spacial score (nSPS) is 14.4. The van der Waals surface area contributed by atoms with Crippen LogP contribution in [0.2, 0.25) is 0 Å². The molecule has 3 aromatic heterocycles. The van der Waals surface area contributed by atoms with Crippen LogP contribution < -0.4 is 11.5 Å². The third kappa shape index (κ3) is 16.7. The minimum absolute atomic E-state index is 0.500. The molecule has 0 aliphatic carbocycles. The number of fused-ring (bicyclic) bond motifs is 3. The number of piperidine rings is 1. The maximum absolute atomic E-state index is 6.34. The smallest absolute Gasteiger partial charge is 0.152 e. The molecule has 1 saturated heterocycles.